The van der Waals surface area contributed by atoms with E-state index in [9.17, 15) is 9.18 Å². The molecule has 0 aliphatic carbocycles. The van der Waals surface area contributed by atoms with E-state index in [0.29, 0.717) is 17.9 Å². The molecule has 0 aliphatic rings. The zero-order chi connectivity index (χ0) is 23.7. The summed E-state index contributed by atoms with van der Waals surface area (Å²) in [4.78, 5) is 17.2. The normalized spacial score (nSPS) is 11.1. The quantitative estimate of drug-likeness (QED) is 0.335. The molecule has 0 spiro atoms. The average Bonchev–Trinajstić information content (AvgIpc) is 3.39. The molecule has 170 valence electrons. The molecule has 1 N–H and O–H groups in total. The van der Waals surface area contributed by atoms with Crippen LogP contribution in [0, 0.1) is 12.7 Å². The highest BCUT2D eigenvalue weighted by Crippen LogP contribution is 2.30. The number of nitrogens with one attached hydrogen (secondary N) is 1. The van der Waals surface area contributed by atoms with Gasteiger partial charge in [0.2, 0.25) is 5.91 Å². The third-order valence-electron chi connectivity index (χ3n) is 5.43. The number of anilines is 1. The Balaban J connectivity index is 1.32. The van der Waals surface area contributed by atoms with Gasteiger partial charge in [0.25, 0.3) is 0 Å². The predicted octanol–water partition coefficient (Wildman–Crippen LogP) is 5.19. The van der Waals surface area contributed by atoms with Crippen molar-refractivity contribution in [2.75, 3.05) is 5.32 Å². The Labute approximate surface area is 203 Å². The molecule has 9 heteroatoms. The number of nitrogens with zero attached hydrogens (tertiary/aromatic N) is 5. The monoisotopic (exact) mass is 518 g/mol. The van der Waals surface area contributed by atoms with Gasteiger partial charge >= 0.3 is 0 Å². The number of aromatic nitrogens is 5. The molecular formula is C25H20BrFN6O. The van der Waals surface area contributed by atoms with Gasteiger partial charge in [0.05, 0.1) is 24.1 Å². The molecule has 0 atom stereocenters. The van der Waals surface area contributed by atoms with Gasteiger partial charge in [0, 0.05) is 22.3 Å². The van der Waals surface area contributed by atoms with E-state index in [-0.39, 0.29) is 18.3 Å². The third kappa shape index (κ3) is 4.60. The summed E-state index contributed by atoms with van der Waals surface area (Å²) in [5.74, 6) is -0.528. The maximum absolute atomic E-state index is 13.4. The molecule has 2 aromatic carbocycles. The van der Waals surface area contributed by atoms with Crippen molar-refractivity contribution in [3.05, 3.63) is 94.7 Å². The number of rotatable bonds is 6. The van der Waals surface area contributed by atoms with E-state index in [1.165, 1.54) is 12.1 Å². The first-order valence-electron chi connectivity index (χ1n) is 10.6. The number of pyridine rings is 1. The Bertz CT molecular complexity index is 1470. The highest BCUT2D eigenvalue weighted by Gasteiger charge is 2.16. The minimum Gasteiger partial charge on any atom is -0.322 e. The summed E-state index contributed by atoms with van der Waals surface area (Å²) in [5.41, 5.74) is 4.81. The summed E-state index contributed by atoms with van der Waals surface area (Å²) < 4.78 is 17.7. The Morgan fingerprint density at radius 3 is 2.62 bits per heavy atom. The van der Waals surface area contributed by atoms with Crippen LogP contribution in [0.4, 0.5) is 10.1 Å². The van der Waals surface area contributed by atoms with E-state index in [4.69, 9.17) is 0 Å². The number of carbonyl (C=O) groups is 1. The third-order valence-corrected chi connectivity index (χ3v) is 5.96. The maximum atomic E-state index is 13.4. The molecular weight excluding hydrogens is 499 g/mol. The van der Waals surface area contributed by atoms with Crippen LogP contribution in [0.15, 0.2) is 77.7 Å². The maximum Gasteiger partial charge on any atom is 0.246 e. The summed E-state index contributed by atoms with van der Waals surface area (Å²) in [6, 6.07) is 16.1. The molecule has 5 aromatic rings. The molecule has 0 saturated carbocycles. The SMILES string of the molecule is Cc1nn(CC(=O)Nc2cnn(Cc3ccc(Br)cc3)c2)c2nccc(-c3ccc(F)cc3)c12. The van der Waals surface area contributed by atoms with E-state index < -0.39 is 0 Å². The molecule has 0 saturated heterocycles. The lowest BCUT2D eigenvalue weighted by Gasteiger charge is -2.06. The van der Waals surface area contributed by atoms with Crippen molar-refractivity contribution in [2.45, 2.75) is 20.0 Å². The second kappa shape index (κ2) is 9.18. The van der Waals surface area contributed by atoms with Gasteiger partial charge < -0.3 is 5.32 Å². The molecule has 0 unspecified atom stereocenters. The summed E-state index contributed by atoms with van der Waals surface area (Å²) in [5, 5.41) is 12.6. The molecule has 3 aromatic heterocycles. The molecule has 0 radical (unpaired) electrons. The van der Waals surface area contributed by atoms with Crippen LogP contribution in [0.2, 0.25) is 0 Å². The van der Waals surface area contributed by atoms with Crippen molar-refractivity contribution in [2.24, 2.45) is 0 Å². The van der Waals surface area contributed by atoms with Gasteiger partial charge in [0.15, 0.2) is 5.65 Å². The highest BCUT2D eigenvalue weighted by atomic mass is 79.9. The van der Waals surface area contributed by atoms with Crippen LogP contribution in [0.5, 0.6) is 0 Å². The number of benzene rings is 2. The van der Waals surface area contributed by atoms with Gasteiger partial charge in [-0.15, -0.1) is 0 Å². The second-order valence-corrected chi connectivity index (χ2v) is 8.82. The Hall–Kier alpha value is -3.85. The van der Waals surface area contributed by atoms with Crippen LogP contribution in [0.25, 0.3) is 22.2 Å². The van der Waals surface area contributed by atoms with Crippen molar-refractivity contribution in [3.63, 3.8) is 0 Å². The fourth-order valence-electron chi connectivity index (χ4n) is 3.89. The van der Waals surface area contributed by atoms with Crippen LogP contribution in [0.1, 0.15) is 11.3 Å². The van der Waals surface area contributed by atoms with Crippen LogP contribution >= 0.6 is 15.9 Å². The molecule has 7 nitrogen and oxygen atoms in total. The zero-order valence-corrected chi connectivity index (χ0v) is 19.8. The number of amides is 1. The van der Waals surface area contributed by atoms with Crippen LogP contribution in [-0.2, 0) is 17.9 Å². The first kappa shape index (κ1) is 22.0. The smallest absolute Gasteiger partial charge is 0.246 e. The summed E-state index contributed by atoms with van der Waals surface area (Å²) in [6.45, 7) is 2.47. The van der Waals surface area contributed by atoms with E-state index in [1.54, 1.807) is 40.1 Å². The molecule has 0 bridgehead atoms. The van der Waals surface area contributed by atoms with E-state index in [0.717, 1.165) is 32.2 Å². The fourth-order valence-corrected chi connectivity index (χ4v) is 4.15. The van der Waals surface area contributed by atoms with E-state index >= 15 is 0 Å². The molecule has 5 rings (SSSR count). The number of carbonyl (C=O) groups excluding carboxylic acids is 1. The summed E-state index contributed by atoms with van der Waals surface area (Å²) in [6.07, 6.45) is 5.08. The Morgan fingerprint density at radius 2 is 1.85 bits per heavy atom. The van der Waals surface area contributed by atoms with E-state index in [2.05, 4.69) is 36.4 Å². The van der Waals surface area contributed by atoms with Gasteiger partial charge in [-0.25, -0.2) is 14.1 Å². The van der Waals surface area contributed by atoms with Gasteiger partial charge in [-0.2, -0.15) is 10.2 Å². The molecule has 34 heavy (non-hydrogen) atoms. The standard InChI is InChI=1S/C25H20BrFN6O/c1-16-24-22(18-4-8-20(27)9-5-18)10-11-28-25(24)33(31-16)15-23(34)30-21-12-29-32(14-21)13-17-2-6-19(26)7-3-17/h2-12,14H,13,15H2,1H3,(H,30,34). The van der Waals surface area contributed by atoms with Crippen molar-refractivity contribution in [1.29, 1.82) is 0 Å². The van der Waals surface area contributed by atoms with Gasteiger partial charge in [-0.1, -0.05) is 40.2 Å². The number of fused-ring (bicyclic) bond motifs is 1. The van der Waals surface area contributed by atoms with Crippen molar-refractivity contribution >= 4 is 38.6 Å². The summed E-state index contributed by atoms with van der Waals surface area (Å²) >= 11 is 3.43. The predicted molar refractivity (Wildman–Crippen MR) is 132 cm³/mol. The second-order valence-electron chi connectivity index (χ2n) is 7.91. The van der Waals surface area contributed by atoms with Crippen molar-refractivity contribution < 1.29 is 9.18 Å². The first-order valence-corrected chi connectivity index (χ1v) is 11.4. The zero-order valence-electron chi connectivity index (χ0n) is 18.2. The number of hydrogen-bond donors (Lipinski definition) is 1. The van der Waals surface area contributed by atoms with Gasteiger partial charge in [-0.3, -0.25) is 9.48 Å². The highest BCUT2D eigenvalue weighted by molar-refractivity contribution is 9.10. The minimum atomic E-state index is -0.293. The molecule has 1 amide bonds. The lowest BCUT2D eigenvalue weighted by Crippen LogP contribution is -2.19. The Morgan fingerprint density at radius 1 is 1.09 bits per heavy atom. The number of hydrogen-bond acceptors (Lipinski definition) is 4. The number of aryl methyl sites for hydroxylation is 1. The van der Waals surface area contributed by atoms with E-state index in [1.807, 2.05) is 37.3 Å². The lowest BCUT2D eigenvalue weighted by molar-refractivity contribution is -0.116. The van der Waals surface area contributed by atoms with Gasteiger partial charge in [-0.05, 0) is 53.9 Å². The topological polar surface area (TPSA) is 77.6 Å². The van der Waals surface area contributed by atoms with Crippen molar-refractivity contribution in [3.8, 4) is 11.1 Å². The molecule has 0 aliphatic heterocycles. The average molecular weight is 519 g/mol. The Kier molecular flexibility index (Phi) is 5.93. The van der Waals surface area contributed by atoms with Crippen LogP contribution in [-0.4, -0.2) is 30.5 Å². The van der Waals surface area contributed by atoms with Crippen LogP contribution < -0.4 is 5.32 Å². The van der Waals surface area contributed by atoms with Crippen LogP contribution in [0.3, 0.4) is 0 Å². The first-order chi connectivity index (χ1) is 16.5. The number of halogens is 2. The lowest BCUT2D eigenvalue weighted by atomic mass is 10.0. The minimum absolute atomic E-state index is 0.00209. The molecule has 0 fully saturated rings. The van der Waals surface area contributed by atoms with Crippen molar-refractivity contribution in [1.82, 2.24) is 24.5 Å². The fraction of sp³-hybridized carbons (Fsp3) is 0.120. The molecule has 3 heterocycles. The van der Waals surface area contributed by atoms with Gasteiger partial charge in [0.1, 0.15) is 12.4 Å². The largest absolute Gasteiger partial charge is 0.322 e. The summed E-state index contributed by atoms with van der Waals surface area (Å²) in [7, 11) is 0.